The Bertz CT molecular complexity index is 538. The van der Waals surface area contributed by atoms with Crippen LogP contribution in [-0.2, 0) is 6.61 Å². The third kappa shape index (κ3) is 4.19. The lowest BCUT2D eigenvalue weighted by atomic mass is 10.2. The van der Waals surface area contributed by atoms with Crippen LogP contribution in [0.5, 0.6) is 5.75 Å². The molecular formula is C17H22N2O. The summed E-state index contributed by atoms with van der Waals surface area (Å²) in [4.78, 5) is 0. The standard InChI is InChI=1S/C17H22N2O/c1-13(2)11-19-17-10-15(8-9-16(17)18)20-12-14-6-4-3-5-7-14/h3-10,13,19H,11-12,18H2,1-2H3. The Labute approximate surface area is 120 Å². The lowest BCUT2D eigenvalue weighted by Gasteiger charge is -2.13. The molecule has 0 spiro atoms. The molecule has 0 aliphatic rings. The highest BCUT2D eigenvalue weighted by Gasteiger charge is 2.03. The van der Waals surface area contributed by atoms with Crippen LogP contribution in [0.1, 0.15) is 19.4 Å². The average Bonchev–Trinajstić information content (AvgIpc) is 2.46. The number of anilines is 2. The van der Waals surface area contributed by atoms with Crippen LogP contribution in [0.25, 0.3) is 0 Å². The molecule has 0 saturated carbocycles. The van der Waals surface area contributed by atoms with E-state index in [4.69, 9.17) is 10.5 Å². The van der Waals surface area contributed by atoms with Gasteiger partial charge in [0, 0.05) is 12.6 Å². The molecule has 3 nitrogen and oxygen atoms in total. The van der Waals surface area contributed by atoms with Crippen LogP contribution < -0.4 is 15.8 Å². The molecule has 0 saturated heterocycles. The van der Waals surface area contributed by atoms with Gasteiger partial charge in [0.2, 0.25) is 0 Å². The largest absolute Gasteiger partial charge is 0.489 e. The third-order valence-electron chi connectivity index (χ3n) is 2.97. The average molecular weight is 270 g/mol. The van der Waals surface area contributed by atoms with Crippen molar-refractivity contribution < 1.29 is 4.74 Å². The van der Waals surface area contributed by atoms with Gasteiger partial charge in [-0.05, 0) is 23.6 Å². The molecule has 3 N–H and O–H groups in total. The summed E-state index contributed by atoms with van der Waals surface area (Å²) in [5, 5.41) is 3.35. The summed E-state index contributed by atoms with van der Waals surface area (Å²) in [6.07, 6.45) is 0. The maximum Gasteiger partial charge on any atom is 0.122 e. The molecule has 0 atom stereocenters. The maximum absolute atomic E-state index is 5.96. The number of nitrogens with two attached hydrogens (primary N) is 1. The number of nitrogens with one attached hydrogen (secondary N) is 1. The highest BCUT2D eigenvalue weighted by Crippen LogP contribution is 2.25. The molecule has 3 heteroatoms. The number of hydrogen-bond donors (Lipinski definition) is 2. The smallest absolute Gasteiger partial charge is 0.122 e. The van der Waals surface area contributed by atoms with Gasteiger partial charge in [-0.3, -0.25) is 0 Å². The molecule has 0 aliphatic heterocycles. The third-order valence-corrected chi connectivity index (χ3v) is 2.97. The Morgan fingerprint density at radius 2 is 1.85 bits per heavy atom. The first-order valence-corrected chi connectivity index (χ1v) is 6.95. The van der Waals surface area contributed by atoms with Crippen LogP contribution in [0.15, 0.2) is 48.5 Å². The summed E-state index contributed by atoms with van der Waals surface area (Å²) in [7, 11) is 0. The molecule has 0 heterocycles. The van der Waals surface area contributed by atoms with E-state index in [-0.39, 0.29) is 0 Å². The first-order chi connectivity index (χ1) is 9.65. The van der Waals surface area contributed by atoms with Crippen LogP contribution in [0.3, 0.4) is 0 Å². The van der Waals surface area contributed by atoms with Crippen molar-refractivity contribution >= 4 is 11.4 Å². The second-order valence-corrected chi connectivity index (χ2v) is 5.30. The second-order valence-electron chi connectivity index (χ2n) is 5.30. The molecule has 2 aromatic rings. The Hall–Kier alpha value is -2.16. The van der Waals surface area contributed by atoms with E-state index in [1.165, 1.54) is 0 Å². The molecule has 106 valence electrons. The number of benzene rings is 2. The van der Waals surface area contributed by atoms with E-state index in [1.807, 2.05) is 36.4 Å². The molecule has 0 aromatic heterocycles. The van der Waals surface area contributed by atoms with Crippen LogP contribution in [0.2, 0.25) is 0 Å². The van der Waals surface area contributed by atoms with Crippen molar-refractivity contribution in [3.8, 4) is 5.75 Å². The molecular weight excluding hydrogens is 248 g/mol. The van der Waals surface area contributed by atoms with Gasteiger partial charge in [-0.2, -0.15) is 0 Å². The minimum absolute atomic E-state index is 0.564. The van der Waals surface area contributed by atoms with E-state index >= 15 is 0 Å². The highest BCUT2D eigenvalue weighted by atomic mass is 16.5. The van der Waals surface area contributed by atoms with Crippen molar-refractivity contribution in [2.24, 2.45) is 5.92 Å². The van der Waals surface area contributed by atoms with Gasteiger partial charge in [0.25, 0.3) is 0 Å². The van der Waals surface area contributed by atoms with Crippen LogP contribution >= 0.6 is 0 Å². The highest BCUT2D eigenvalue weighted by molar-refractivity contribution is 5.68. The summed E-state index contributed by atoms with van der Waals surface area (Å²) in [5.74, 6) is 1.40. The number of rotatable bonds is 6. The molecule has 0 amide bonds. The van der Waals surface area contributed by atoms with Gasteiger partial charge in [0.1, 0.15) is 12.4 Å². The van der Waals surface area contributed by atoms with Gasteiger partial charge < -0.3 is 15.8 Å². The normalized spacial score (nSPS) is 10.6. The second kappa shape index (κ2) is 6.85. The van der Waals surface area contributed by atoms with E-state index in [0.717, 1.165) is 29.2 Å². The SMILES string of the molecule is CC(C)CNc1cc(OCc2ccccc2)ccc1N. The van der Waals surface area contributed by atoms with Crippen molar-refractivity contribution in [1.82, 2.24) is 0 Å². The van der Waals surface area contributed by atoms with Gasteiger partial charge in [0.15, 0.2) is 0 Å². The molecule has 0 fully saturated rings. The van der Waals surface area contributed by atoms with E-state index in [1.54, 1.807) is 0 Å². The Morgan fingerprint density at radius 3 is 2.55 bits per heavy atom. The quantitative estimate of drug-likeness (QED) is 0.782. The molecule has 0 bridgehead atoms. The molecule has 2 rings (SSSR count). The van der Waals surface area contributed by atoms with E-state index in [0.29, 0.717) is 12.5 Å². The summed E-state index contributed by atoms with van der Waals surface area (Å²) >= 11 is 0. The molecule has 0 radical (unpaired) electrons. The molecule has 20 heavy (non-hydrogen) atoms. The molecule has 0 unspecified atom stereocenters. The lowest BCUT2D eigenvalue weighted by molar-refractivity contribution is 0.306. The maximum atomic E-state index is 5.96. The fourth-order valence-corrected chi connectivity index (χ4v) is 1.83. The first kappa shape index (κ1) is 14.3. The van der Waals surface area contributed by atoms with Crippen molar-refractivity contribution in [2.75, 3.05) is 17.6 Å². The summed E-state index contributed by atoms with van der Waals surface area (Å²) in [6.45, 7) is 5.79. The Morgan fingerprint density at radius 1 is 1.10 bits per heavy atom. The van der Waals surface area contributed by atoms with E-state index < -0.39 is 0 Å². The van der Waals surface area contributed by atoms with Gasteiger partial charge >= 0.3 is 0 Å². The minimum Gasteiger partial charge on any atom is -0.489 e. The van der Waals surface area contributed by atoms with Gasteiger partial charge in [0.05, 0.1) is 11.4 Å². The van der Waals surface area contributed by atoms with Crippen LogP contribution in [0.4, 0.5) is 11.4 Å². The van der Waals surface area contributed by atoms with Crippen LogP contribution in [-0.4, -0.2) is 6.54 Å². The monoisotopic (exact) mass is 270 g/mol. The first-order valence-electron chi connectivity index (χ1n) is 6.95. The van der Waals surface area contributed by atoms with E-state index in [9.17, 15) is 0 Å². The Kier molecular flexibility index (Phi) is 4.88. The van der Waals surface area contributed by atoms with Crippen molar-refractivity contribution in [1.29, 1.82) is 0 Å². The lowest BCUT2D eigenvalue weighted by Crippen LogP contribution is -2.09. The predicted molar refractivity (Wildman–Crippen MR) is 85.0 cm³/mol. The van der Waals surface area contributed by atoms with Crippen LogP contribution in [0, 0.1) is 5.92 Å². The van der Waals surface area contributed by atoms with Gasteiger partial charge in [-0.15, -0.1) is 0 Å². The van der Waals surface area contributed by atoms with E-state index in [2.05, 4.69) is 31.3 Å². The van der Waals surface area contributed by atoms with Gasteiger partial charge in [-0.25, -0.2) is 0 Å². The van der Waals surface area contributed by atoms with Crippen molar-refractivity contribution in [3.05, 3.63) is 54.1 Å². The zero-order valence-electron chi connectivity index (χ0n) is 12.1. The summed E-state index contributed by atoms with van der Waals surface area (Å²) < 4.78 is 5.80. The topological polar surface area (TPSA) is 47.3 Å². The molecule has 0 aliphatic carbocycles. The summed E-state index contributed by atoms with van der Waals surface area (Å²) in [5.41, 5.74) is 8.80. The fraction of sp³-hybridized carbons (Fsp3) is 0.294. The zero-order chi connectivity index (χ0) is 14.4. The van der Waals surface area contributed by atoms with Gasteiger partial charge in [-0.1, -0.05) is 44.2 Å². The fourth-order valence-electron chi connectivity index (χ4n) is 1.83. The van der Waals surface area contributed by atoms with Crippen molar-refractivity contribution in [3.63, 3.8) is 0 Å². The summed E-state index contributed by atoms with van der Waals surface area (Å²) in [6, 6.07) is 15.9. The van der Waals surface area contributed by atoms with Crippen molar-refractivity contribution in [2.45, 2.75) is 20.5 Å². The minimum atomic E-state index is 0.564. The number of hydrogen-bond acceptors (Lipinski definition) is 3. The number of nitrogen functional groups attached to an aromatic ring is 1. The Balaban J connectivity index is 2.00. The zero-order valence-corrected chi connectivity index (χ0v) is 12.1. The molecule has 2 aromatic carbocycles. The number of ether oxygens (including phenoxy) is 1. The predicted octanol–water partition coefficient (Wildman–Crippen LogP) is 3.92.